The molecule has 0 saturated carbocycles. The molecule has 0 amide bonds. The summed E-state index contributed by atoms with van der Waals surface area (Å²) in [5.74, 6) is 1.78. The number of H-pyrrole nitrogens is 1. The molecule has 0 radical (unpaired) electrons. The fourth-order valence-corrected chi connectivity index (χ4v) is 2.15. The van der Waals surface area contributed by atoms with Gasteiger partial charge in [-0.2, -0.15) is 0 Å². The average Bonchev–Trinajstić information content (AvgIpc) is 2.85. The van der Waals surface area contributed by atoms with Crippen molar-refractivity contribution >= 4 is 15.9 Å². The number of imidazole rings is 1. The van der Waals surface area contributed by atoms with E-state index in [-0.39, 0.29) is 0 Å². The fraction of sp³-hybridized carbons (Fsp3) is 0.308. The molecule has 0 saturated heterocycles. The lowest BCUT2D eigenvalue weighted by Gasteiger charge is -2.06. The Morgan fingerprint density at radius 2 is 2.28 bits per heavy atom. The summed E-state index contributed by atoms with van der Waals surface area (Å²) in [4.78, 5) is 7.65. The van der Waals surface area contributed by atoms with Crippen LogP contribution in [0.25, 0.3) is 11.3 Å². The zero-order valence-electron chi connectivity index (χ0n) is 10.2. The molecule has 18 heavy (non-hydrogen) atoms. The maximum Gasteiger partial charge on any atom is 0.128 e. The van der Waals surface area contributed by atoms with E-state index >= 15 is 0 Å². The molecule has 0 atom stereocenters. The van der Waals surface area contributed by atoms with Crippen molar-refractivity contribution < 1.29 is 4.74 Å². The standard InChI is InChI=1S/C13H16BrN3O/c1-18-12-5-4-9(14)7-10(12)11-8-16-13(17-11)3-2-6-15/h4-5,7-8H,2-3,6,15H2,1H3,(H,16,17). The molecule has 2 aromatic rings. The van der Waals surface area contributed by atoms with Crippen molar-refractivity contribution in [2.24, 2.45) is 5.73 Å². The van der Waals surface area contributed by atoms with E-state index in [1.807, 2.05) is 24.4 Å². The summed E-state index contributed by atoms with van der Waals surface area (Å²) in [5, 5.41) is 0. The molecule has 1 aromatic heterocycles. The minimum absolute atomic E-state index is 0.677. The van der Waals surface area contributed by atoms with E-state index in [1.165, 1.54) is 0 Å². The number of nitrogens with two attached hydrogens (primary N) is 1. The molecule has 0 fully saturated rings. The second-order valence-corrected chi connectivity index (χ2v) is 4.90. The summed E-state index contributed by atoms with van der Waals surface area (Å²) in [5.41, 5.74) is 7.45. The highest BCUT2D eigenvalue weighted by molar-refractivity contribution is 9.10. The van der Waals surface area contributed by atoms with Crippen LogP contribution >= 0.6 is 15.9 Å². The zero-order chi connectivity index (χ0) is 13.0. The van der Waals surface area contributed by atoms with Crippen molar-refractivity contribution in [2.45, 2.75) is 12.8 Å². The fourth-order valence-electron chi connectivity index (χ4n) is 1.79. The number of ether oxygens (including phenoxy) is 1. The van der Waals surface area contributed by atoms with Crippen molar-refractivity contribution in [3.8, 4) is 17.0 Å². The monoisotopic (exact) mass is 309 g/mol. The number of hydrogen-bond donors (Lipinski definition) is 2. The van der Waals surface area contributed by atoms with Crippen molar-refractivity contribution in [3.63, 3.8) is 0 Å². The Morgan fingerprint density at radius 3 is 3.00 bits per heavy atom. The maximum atomic E-state index is 5.49. The van der Waals surface area contributed by atoms with E-state index in [4.69, 9.17) is 10.5 Å². The Balaban J connectivity index is 2.30. The number of aromatic amines is 1. The molecule has 0 aliphatic heterocycles. The first-order valence-electron chi connectivity index (χ1n) is 5.82. The molecule has 1 aromatic carbocycles. The van der Waals surface area contributed by atoms with Crippen LogP contribution in [-0.2, 0) is 6.42 Å². The van der Waals surface area contributed by atoms with Crippen LogP contribution in [0, 0.1) is 0 Å². The Hall–Kier alpha value is -1.33. The van der Waals surface area contributed by atoms with E-state index in [1.54, 1.807) is 7.11 Å². The lowest BCUT2D eigenvalue weighted by Crippen LogP contribution is -2.01. The van der Waals surface area contributed by atoms with Gasteiger partial charge in [-0.3, -0.25) is 0 Å². The van der Waals surface area contributed by atoms with E-state index in [9.17, 15) is 0 Å². The van der Waals surface area contributed by atoms with Gasteiger partial charge in [0.25, 0.3) is 0 Å². The predicted octanol–water partition coefficient (Wildman–Crippen LogP) is 2.74. The third-order valence-corrected chi connectivity index (χ3v) is 3.19. The topological polar surface area (TPSA) is 63.9 Å². The summed E-state index contributed by atoms with van der Waals surface area (Å²) in [7, 11) is 1.67. The van der Waals surface area contributed by atoms with Gasteiger partial charge in [-0.05, 0) is 31.2 Å². The molecule has 0 unspecified atom stereocenters. The molecular weight excluding hydrogens is 294 g/mol. The molecule has 0 aliphatic carbocycles. The minimum atomic E-state index is 0.677. The lowest BCUT2D eigenvalue weighted by atomic mass is 10.1. The molecule has 1 heterocycles. The Morgan fingerprint density at radius 1 is 1.44 bits per heavy atom. The number of aryl methyl sites for hydroxylation is 1. The largest absolute Gasteiger partial charge is 0.496 e. The number of nitrogens with zero attached hydrogens (tertiary/aromatic N) is 1. The van der Waals surface area contributed by atoms with E-state index in [0.29, 0.717) is 6.54 Å². The minimum Gasteiger partial charge on any atom is -0.496 e. The second kappa shape index (κ2) is 6.02. The molecule has 0 spiro atoms. The van der Waals surface area contributed by atoms with Gasteiger partial charge in [-0.15, -0.1) is 0 Å². The first-order chi connectivity index (χ1) is 8.74. The molecule has 0 aliphatic rings. The first kappa shape index (κ1) is 13.1. The number of methoxy groups -OCH3 is 1. The summed E-state index contributed by atoms with van der Waals surface area (Å²) in [6.45, 7) is 0.677. The van der Waals surface area contributed by atoms with Gasteiger partial charge in [0, 0.05) is 16.5 Å². The van der Waals surface area contributed by atoms with Crippen molar-refractivity contribution in [1.29, 1.82) is 0 Å². The van der Waals surface area contributed by atoms with Gasteiger partial charge in [0.15, 0.2) is 0 Å². The lowest BCUT2D eigenvalue weighted by molar-refractivity contribution is 0.416. The van der Waals surface area contributed by atoms with Crippen LogP contribution in [0.1, 0.15) is 12.2 Å². The average molecular weight is 310 g/mol. The van der Waals surface area contributed by atoms with Crippen LogP contribution < -0.4 is 10.5 Å². The molecule has 4 nitrogen and oxygen atoms in total. The molecule has 3 N–H and O–H groups in total. The molecule has 96 valence electrons. The SMILES string of the molecule is COc1ccc(Br)cc1-c1cnc(CCCN)[nH]1. The molecule has 2 rings (SSSR count). The van der Waals surface area contributed by atoms with Crippen LogP contribution in [-0.4, -0.2) is 23.6 Å². The number of benzene rings is 1. The molecule has 5 heteroatoms. The van der Waals surface area contributed by atoms with Crippen molar-refractivity contribution in [1.82, 2.24) is 9.97 Å². The third-order valence-electron chi connectivity index (χ3n) is 2.70. The Labute approximate surface area is 115 Å². The zero-order valence-corrected chi connectivity index (χ0v) is 11.8. The van der Waals surface area contributed by atoms with Gasteiger partial charge in [-0.1, -0.05) is 15.9 Å². The summed E-state index contributed by atoms with van der Waals surface area (Å²) in [6, 6.07) is 5.90. The second-order valence-electron chi connectivity index (χ2n) is 3.98. The van der Waals surface area contributed by atoms with E-state index in [0.717, 1.165) is 40.1 Å². The normalized spacial score (nSPS) is 10.6. The number of hydrogen-bond acceptors (Lipinski definition) is 3. The van der Waals surface area contributed by atoms with Crippen molar-refractivity contribution in [2.75, 3.05) is 13.7 Å². The van der Waals surface area contributed by atoms with Gasteiger partial charge in [0.05, 0.1) is 19.0 Å². The predicted molar refractivity (Wildman–Crippen MR) is 75.7 cm³/mol. The number of nitrogens with one attached hydrogen (secondary N) is 1. The Bertz CT molecular complexity index is 525. The molecule has 0 bridgehead atoms. The van der Waals surface area contributed by atoms with Crippen molar-refractivity contribution in [3.05, 3.63) is 34.7 Å². The van der Waals surface area contributed by atoms with E-state index < -0.39 is 0 Å². The van der Waals surface area contributed by atoms with Gasteiger partial charge >= 0.3 is 0 Å². The quantitative estimate of drug-likeness (QED) is 0.892. The highest BCUT2D eigenvalue weighted by atomic mass is 79.9. The number of aromatic nitrogens is 2. The van der Waals surface area contributed by atoms with Gasteiger partial charge in [0.2, 0.25) is 0 Å². The maximum absolute atomic E-state index is 5.49. The first-order valence-corrected chi connectivity index (χ1v) is 6.61. The van der Waals surface area contributed by atoms with Gasteiger partial charge in [0.1, 0.15) is 11.6 Å². The van der Waals surface area contributed by atoms with Gasteiger partial charge in [-0.25, -0.2) is 4.98 Å². The smallest absolute Gasteiger partial charge is 0.128 e. The summed E-state index contributed by atoms with van der Waals surface area (Å²) >= 11 is 3.47. The third kappa shape index (κ3) is 2.91. The van der Waals surface area contributed by atoms with Crippen LogP contribution in [0.15, 0.2) is 28.9 Å². The van der Waals surface area contributed by atoms with Gasteiger partial charge < -0.3 is 15.5 Å². The molecular formula is C13H16BrN3O. The van der Waals surface area contributed by atoms with Crippen LogP contribution in [0.5, 0.6) is 5.75 Å². The summed E-state index contributed by atoms with van der Waals surface area (Å²) in [6.07, 6.45) is 3.63. The highest BCUT2D eigenvalue weighted by Crippen LogP contribution is 2.31. The number of rotatable bonds is 5. The highest BCUT2D eigenvalue weighted by Gasteiger charge is 2.09. The Kier molecular flexibility index (Phi) is 4.38. The van der Waals surface area contributed by atoms with Crippen LogP contribution in [0.3, 0.4) is 0 Å². The van der Waals surface area contributed by atoms with Crippen LogP contribution in [0.2, 0.25) is 0 Å². The van der Waals surface area contributed by atoms with E-state index in [2.05, 4.69) is 25.9 Å². The number of halogens is 1. The van der Waals surface area contributed by atoms with Crippen LogP contribution in [0.4, 0.5) is 0 Å². The summed E-state index contributed by atoms with van der Waals surface area (Å²) < 4.78 is 6.37.